The molecular formula is C21H23N3O3. The van der Waals surface area contributed by atoms with Gasteiger partial charge in [-0.2, -0.15) is 0 Å². The van der Waals surface area contributed by atoms with Crippen LogP contribution in [0.1, 0.15) is 33.6 Å². The molecule has 3 rings (SSSR count). The van der Waals surface area contributed by atoms with E-state index < -0.39 is 0 Å². The SMILES string of the molecule is O=C(CNC(=O)c1ccccc1)NC1CCN(C(=O)c2ccccc2)CC1. The van der Waals surface area contributed by atoms with E-state index in [1.807, 2.05) is 41.3 Å². The maximum Gasteiger partial charge on any atom is 0.253 e. The van der Waals surface area contributed by atoms with Gasteiger partial charge in [0.1, 0.15) is 0 Å². The van der Waals surface area contributed by atoms with Crippen LogP contribution in [-0.2, 0) is 4.79 Å². The number of carbonyl (C=O) groups is 3. The number of carbonyl (C=O) groups excluding carboxylic acids is 3. The van der Waals surface area contributed by atoms with Gasteiger partial charge in [0.05, 0.1) is 6.54 Å². The monoisotopic (exact) mass is 365 g/mol. The Morgan fingerprint density at radius 1 is 0.852 bits per heavy atom. The van der Waals surface area contributed by atoms with Gasteiger partial charge in [-0.05, 0) is 37.1 Å². The number of likely N-dealkylation sites (tertiary alicyclic amines) is 1. The minimum absolute atomic E-state index is 0.0194. The van der Waals surface area contributed by atoms with Crippen LogP contribution in [0.3, 0.4) is 0 Å². The second-order valence-electron chi connectivity index (χ2n) is 6.55. The summed E-state index contributed by atoms with van der Waals surface area (Å²) in [5.74, 6) is -0.461. The molecule has 0 unspecified atom stereocenters. The zero-order chi connectivity index (χ0) is 19.1. The number of rotatable bonds is 5. The number of nitrogens with zero attached hydrogens (tertiary/aromatic N) is 1. The molecule has 0 spiro atoms. The van der Waals surface area contributed by atoms with Gasteiger partial charge in [-0.3, -0.25) is 14.4 Å². The van der Waals surface area contributed by atoms with E-state index in [1.165, 1.54) is 0 Å². The Balaban J connectivity index is 1.40. The van der Waals surface area contributed by atoms with Crippen LogP contribution in [0.2, 0.25) is 0 Å². The lowest BCUT2D eigenvalue weighted by atomic mass is 10.0. The van der Waals surface area contributed by atoms with Crippen LogP contribution in [-0.4, -0.2) is 48.3 Å². The molecule has 1 aliphatic heterocycles. The summed E-state index contributed by atoms with van der Waals surface area (Å²) in [5, 5.41) is 5.55. The van der Waals surface area contributed by atoms with Gasteiger partial charge in [0, 0.05) is 30.3 Å². The van der Waals surface area contributed by atoms with Gasteiger partial charge < -0.3 is 15.5 Å². The van der Waals surface area contributed by atoms with Crippen molar-refractivity contribution in [1.82, 2.24) is 15.5 Å². The molecule has 6 nitrogen and oxygen atoms in total. The summed E-state index contributed by atoms with van der Waals surface area (Å²) in [6.45, 7) is 1.15. The van der Waals surface area contributed by atoms with Crippen molar-refractivity contribution in [3.63, 3.8) is 0 Å². The summed E-state index contributed by atoms with van der Waals surface area (Å²) in [6.07, 6.45) is 1.41. The molecule has 6 heteroatoms. The van der Waals surface area contributed by atoms with E-state index in [1.54, 1.807) is 24.3 Å². The largest absolute Gasteiger partial charge is 0.352 e. The second kappa shape index (κ2) is 8.98. The number of benzene rings is 2. The van der Waals surface area contributed by atoms with Crippen molar-refractivity contribution in [1.29, 1.82) is 0 Å². The average molecular weight is 365 g/mol. The Morgan fingerprint density at radius 3 is 2.00 bits per heavy atom. The molecule has 1 saturated heterocycles. The zero-order valence-corrected chi connectivity index (χ0v) is 15.1. The number of piperidine rings is 1. The first kappa shape index (κ1) is 18.6. The second-order valence-corrected chi connectivity index (χ2v) is 6.55. The van der Waals surface area contributed by atoms with Crippen molar-refractivity contribution in [2.75, 3.05) is 19.6 Å². The van der Waals surface area contributed by atoms with Crippen molar-refractivity contribution in [3.05, 3.63) is 71.8 Å². The molecule has 0 atom stereocenters. The highest BCUT2D eigenvalue weighted by Gasteiger charge is 2.24. The molecule has 0 bridgehead atoms. The molecule has 2 aromatic rings. The molecule has 0 aliphatic carbocycles. The van der Waals surface area contributed by atoms with Crippen LogP contribution in [0, 0.1) is 0 Å². The lowest BCUT2D eigenvalue weighted by Crippen LogP contribution is -2.48. The van der Waals surface area contributed by atoms with E-state index in [0.717, 1.165) is 0 Å². The zero-order valence-electron chi connectivity index (χ0n) is 15.1. The summed E-state index contributed by atoms with van der Waals surface area (Å²) in [5.41, 5.74) is 1.21. The third kappa shape index (κ3) is 5.17. The average Bonchev–Trinajstić information content (AvgIpc) is 2.73. The molecule has 1 heterocycles. The highest BCUT2D eigenvalue weighted by molar-refractivity contribution is 5.96. The van der Waals surface area contributed by atoms with E-state index >= 15 is 0 Å². The maximum atomic E-state index is 12.4. The van der Waals surface area contributed by atoms with Gasteiger partial charge in [-0.25, -0.2) is 0 Å². The lowest BCUT2D eigenvalue weighted by Gasteiger charge is -2.32. The first-order chi connectivity index (χ1) is 13.1. The van der Waals surface area contributed by atoms with Gasteiger partial charge in [0.15, 0.2) is 0 Å². The molecule has 0 saturated carbocycles. The van der Waals surface area contributed by atoms with Crippen molar-refractivity contribution in [3.8, 4) is 0 Å². The highest BCUT2D eigenvalue weighted by atomic mass is 16.2. The number of nitrogens with one attached hydrogen (secondary N) is 2. The molecular weight excluding hydrogens is 342 g/mol. The fourth-order valence-corrected chi connectivity index (χ4v) is 3.12. The summed E-state index contributed by atoms with van der Waals surface area (Å²) in [7, 11) is 0. The van der Waals surface area contributed by atoms with Crippen molar-refractivity contribution in [2.45, 2.75) is 18.9 Å². The van der Waals surface area contributed by atoms with Crippen LogP contribution in [0.25, 0.3) is 0 Å². The lowest BCUT2D eigenvalue weighted by molar-refractivity contribution is -0.121. The fraction of sp³-hybridized carbons (Fsp3) is 0.286. The van der Waals surface area contributed by atoms with E-state index in [0.29, 0.717) is 37.1 Å². The number of hydrogen-bond donors (Lipinski definition) is 2. The molecule has 2 aromatic carbocycles. The minimum Gasteiger partial charge on any atom is -0.352 e. The molecule has 0 aromatic heterocycles. The van der Waals surface area contributed by atoms with Gasteiger partial charge in [-0.1, -0.05) is 36.4 Å². The molecule has 1 aliphatic rings. The van der Waals surface area contributed by atoms with Crippen molar-refractivity contribution >= 4 is 17.7 Å². The standard InChI is InChI=1S/C21H23N3O3/c25-19(15-22-20(26)16-7-3-1-4-8-16)23-18-11-13-24(14-12-18)21(27)17-9-5-2-6-10-17/h1-10,18H,11-15H2,(H,22,26)(H,23,25). The van der Waals surface area contributed by atoms with Crippen LogP contribution >= 0.6 is 0 Å². The third-order valence-electron chi connectivity index (χ3n) is 4.61. The van der Waals surface area contributed by atoms with Gasteiger partial charge >= 0.3 is 0 Å². The smallest absolute Gasteiger partial charge is 0.253 e. The quantitative estimate of drug-likeness (QED) is 0.849. The summed E-state index contributed by atoms with van der Waals surface area (Å²) in [4.78, 5) is 38.3. The fourth-order valence-electron chi connectivity index (χ4n) is 3.12. The summed E-state index contributed by atoms with van der Waals surface area (Å²) in [6, 6.07) is 18.0. The van der Waals surface area contributed by atoms with Crippen LogP contribution < -0.4 is 10.6 Å². The van der Waals surface area contributed by atoms with E-state index in [4.69, 9.17) is 0 Å². The Hall–Kier alpha value is -3.15. The molecule has 3 amide bonds. The van der Waals surface area contributed by atoms with E-state index in [9.17, 15) is 14.4 Å². The summed E-state index contributed by atoms with van der Waals surface area (Å²) < 4.78 is 0. The highest BCUT2D eigenvalue weighted by Crippen LogP contribution is 2.14. The maximum absolute atomic E-state index is 12.4. The van der Waals surface area contributed by atoms with E-state index in [2.05, 4.69) is 10.6 Å². The minimum atomic E-state index is -0.269. The predicted molar refractivity (Wildman–Crippen MR) is 102 cm³/mol. The molecule has 0 radical (unpaired) electrons. The van der Waals surface area contributed by atoms with Crippen molar-refractivity contribution < 1.29 is 14.4 Å². The Morgan fingerprint density at radius 2 is 1.41 bits per heavy atom. The van der Waals surface area contributed by atoms with E-state index in [-0.39, 0.29) is 30.3 Å². The third-order valence-corrected chi connectivity index (χ3v) is 4.61. The predicted octanol–water partition coefficient (Wildman–Crippen LogP) is 1.84. The number of amides is 3. The first-order valence-electron chi connectivity index (χ1n) is 9.10. The first-order valence-corrected chi connectivity index (χ1v) is 9.10. The topological polar surface area (TPSA) is 78.5 Å². The Bertz CT molecular complexity index is 785. The van der Waals surface area contributed by atoms with Crippen LogP contribution in [0.4, 0.5) is 0 Å². The summed E-state index contributed by atoms with van der Waals surface area (Å²) >= 11 is 0. The van der Waals surface area contributed by atoms with Gasteiger partial charge in [0.2, 0.25) is 5.91 Å². The van der Waals surface area contributed by atoms with Crippen LogP contribution in [0.15, 0.2) is 60.7 Å². The molecule has 27 heavy (non-hydrogen) atoms. The Kier molecular flexibility index (Phi) is 6.20. The van der Waals surface area contributed by atoms with Crippen LogP contribution in [0.5, 0.6) is 0 Å². The molecule has 2 N–H and O–H groups in total. The number of hydrogen-bond acceptors (Lipinski definition) is 3. The van der Waals surface area contributed by atoms with Crippen molar-refractivity contribution in [2.24, 2.45) is 0 Å². The normalized spacial score (nSPS) is 14.4. The molecule has 1 fully saturated rings. The van der Waals surface area contributed by atoms with Gasteiger partial charge in [0.25, 0.3) is 11.8 Å². The van der Waals surface area contributed by atoms with Gasteiger partial charge in [-0.15, -0.1) is 0 Å². The Labute approximate surface area is 158 Å². The molecule has 140 valence electrons.